The maximum absolute atomic E-state index is 12.5. The van der Waals surface area contributed by atoms with E-state index in [1.807, 2.05) is 35.2 Å². The molecular formula is C20H21N3O3. The molecule has 3 aromatic rings. The fraction of sp³-hybridized carbons (Fsp3) is 0.350. The van der Waals surface area contributed by atoms with Crippen molar-refractivity contribution in [2.45, 2.75) is 26.4 Å². The molecule has 2 aromatic heterocycles. The summed E-state index contributed by atoms with van der Waals surface area (Å²) in [5.74, 6) is 1.57. The fourth-order valence-electron chi connectivity index (χ4n) is 3.30. The number of carbonyl (C=O) groups is 1. The van der Waals surface area contributed by atoms with Crippen molar-refractivity contribution in [3.63, 3.8) is 0 Å². The van der Waals surface area contributed by atoms with Gasteiger partial charge >= 0.3 is 0 Å². The molecule has 1 amide bonds. The third-order valence-corrected chi connectivity index (χ3v) is 4.65. The van der Waals surface area contributed by atoms with Crippen LogP contribution in [0.25, 0.3) is 10.9 Å². The van der Waals surface area contributed by atoms with Gasteiger partial charge in [-0.1, -0.05) is 13.0 Å². The summed E-state index contributed by atoms with van der Waals surface area (Å²) in [6.07, 6.45) is 5.39. The van der Waals surface area contributed by atoms with Gasteiger partial charge in [0.15, 0.2) is 12.3 Å². The maximum atomic E-state index is 12.5. The highest BCUT2D eigenvalue weighted by Gasteiger charge is 2.24. The monoisotopic (exact) mass is 351 g/mol. The molecular weight excluding hydrogens is 330 g/mol. The van der Waals surface area contributed by atoms with Crippen LogP contribution in [0.1, 0.15) is 36.1 Å². The van der Waals surface area contributed by atoms with Crippen LogP contribution in [-0.4, -0.2) is 33.9 Å². The standard InChI is InChI=1S/C20H21N3O3/c1-14-4-3-9-23(11-14)20(24)18-12-26-19(22-18)13-25-16-6-7-17-15(10-16)5-2-8-21-17/h2,5-8,10,12,14H,3-4,9,11,13H2,1H3. The van der Waals surface area contributed by atoms with Crippen LogP contribution < -0.4 is 4.74 Å². The number of aromatic nitrogens is 2. The van der Waals surface area contributed by atoms with Crippen LogP contribution in [-0.2, 0) is 6.61 Å². The number of likely N-dealkylation sites (tertiary alicyclic amines) is 1. The minimum Gasteiger partial charge on any atom is -0.484 e. The van der Waals surface area contributed by atoms with Crippen molar-refractivity contribution in [3.05, 3.63) is 54.4 Å². The van der Waals surface area contributed by atoms with Gasteiger partial charge in [-0.05, 0) is 43.0 Å². The third kappa shape index (κ3) is 3.54. The Morgan fingerprint density at radius 3 is 3.19 bits per heavy atom. The minimum absolute atomic E-state index is 0.0664. The number of fused-ring (bicyclic) bond motifs is 1. The lowest BCUT2D eigenvalue weighted by Crippen LogP contribution is -2.39. The highest BCUT2D eigenvalue weighted by molar-refractivity contribution is 5.92. The van der Waals surface area contributed by atoms with E-state index in [-0.39, 0.29) is 12.5 Å². The average molecular weight is 351 g/mol. The number of amides is 1. The largest absolute Gasteiger partial charge is 0.484 e. The van der Waals surface area contributed by atoms with Crippen molar-refractivity contribution in [1.82, 2.24) is 14.9 Å². The molecule has 0 radical (unpaired) electrons. The Balaban J connectivity index is 1.40. The second-order valence-corrected chi connectivity index (χ2v) is 6.77. The summed E-state index contributed by atoms with van der Waals surface area (Å²) >= 11 is 0. The zero-order chi connectivity index (χ0) is 17.9. The van der Waals surface area contributed by atoms with Crippen LogP contribution in [0.3, 0.4) is 0 Å². The molecule has 134 valence electrons. The highest BCUT2D eigenvalue weighted by atomic mass is 16.5. The quantitative estimate of drug-likeness (QED) is 0.717. The van der Waals surface area contributed by atoms with E-state index in [1.165, 1.54) is 12.7 Å². The first-order valence-electron chi connectivity index (χ1n) is 8.90. The number of benzene rings is 1. The first-order chi connectivity index (χ1) is 12.7. The molecule has 4 rings (SSSR count). The van der Waals surface area contributed by atoms with Crippen molar-refractivity contribution in [3.8, 4) is 5.75 Å². The Labute approximate surface area is 151 Å². The Morgan fingerprint density at radius 1 is 1.38 bits per heavy atom. The SMILES string of the molecule is CC1CCCN(C(=O)c2coc(COc3ccc4ncccc4c3)n2)C1. The van der Waals surface area contributed by atoms with Crippen LogP contribution in [0.4, 0.5) is 0 Å². The van der Waals surface area contributed by atoms with Gasteiger partial charge in [-0.3, -0.25) is 9.78 Å². The summed E-state index contributed by atoms with van der Waals surface area (Å²) in [6, 6.07) is 9.56. The highest BCUT2D eigenvalue weighted by Crippen LogP contribution is 2.21. The molecule has 0 spiro atoms. The molecule has 0 N–H and O–H groups in total. The van der Waals surface area contributed by atoms with Crippen LogP contribution in [0.15, 0.2) is 47.2 Å². The molecule has 0 bridgehead atoms. The van der Waals surface area contributed by atoms with Gasteiger partial charge < -0.3 is 14.1 Å². The number of pyridine rings is 1. The molecule has 1 fully saturated rings. The van der Waals surface area contributed by atoms with E-state index < -0.39 is 0 Å². The van der Waals surface area contributed by atoms with Crippen molar-refractivity contribution in [1.29, 1.82) is 0 Å². The van der Waals surface area contributed by atoms with Crippen molar-refractivity contribution in [2.24, 2.45) is 5.92 Å². The molecule has 6 heteroatoms. The van der Waals surface area contributed by atoms with E-state index in [0.717, 1.165) is 30.4 Å². The van der Waals surface area contributed by atoms with E-state index in [0.29, 0.717) is 23.3 Å². The first-order valence-corrected chi connectivity index (χ1v) is 8.90. The Kier molecular flexibility index (Phi) is 4.56. The molecule has 0 aliphatic carbocycles. The third-order valence-electron chi connectivity index (χ3n) is 4.65. The summed E-state index contributed by atoms with van der Waals surface area (Å²) in [6.45, 7) is 3.91. The number of nitrogens with zero attached hydrogens (tertiary/aromatic N) is 3. The van der Waals surface area contributed by atoms with Gasteiger partial charge in [0.05, 0.1) is 5.52 Å². The van der Waals surface area contributed by atoms with Crippen LogP contribution >= 0.6 is 0 Å². The maximum Gasteiger partial charge on any atom is 0.275 e. The lowest BCUT2D eigenvalue weighted by Gasteiger charge is -2.30. The number of ether oxygens (including phenoxy) is 1. The summed E-state index contributed by atoms with van der Waals surface area (Å²) in [4.78, 5) is 23.0. The van der Waals surface area contributed by atoms with Crippen molar-refractivity contribution >= 4 is 16.8 Å². The van der Waals surface area contributed by atoms with Crippen molar-refractivity contribution in [2.75, 3.05) is 13.1 Å². The lowest BCUT2D eigenvalue weighted by atomic mass is 10.0. The van der Waals surface area contributed by atoms with E-state index in [2.05, 4.69) is 16.9 Å². The van der Waals surface area contributed by atoms with Gasteiger partial charge in [0, 0.05) is 24.7 Å². The first kappa shape index (κ1) is 16.6. The molecule has 1 aliphatic rings. The zero-order valence-corrected chi connectivity index (χ0v) is 14.7. The summed E-state index contributed by atoms with van der Waals surface area (Å²) < 4.78 is 11.2. The zero-order valence-electron chi connectivity index (χ0n) is 14.7. The van der Waals surface area contributed by atoms with Gasteiger partial charge in [0.2, 0.25) is 5.89 Å². The van der Waals surface area contributed by atoms with Crippen LogP contribution in [0, 0.1) is 5.92 Å². The van der Waals surface area contributed by atoms with E-state index in [1.54, 1.807) is 6.20 Å². The molecule has 0 saturated carbocycles. The summed E-state index contributed by atoms with van der Waals surface area (Å²) in [5.41, 5.74) is 1.26. The fourth-order valence-corrected chi connectivity index (χ4v) is 3.30. The predicted molar refractivity (Wildman–Crippen MR) is 96.9 cm³/mol. The number of oxazole rings is 1. The number of hydrogen-bond donors (Lipinski definition) is 0. The number of rotatable bonds is 4. The van der Waals surface area contributed by atoms with Crippen LogP contribution in [0.2, 0.25) is 0 Å². The van der Waals surface area contributed by atoms with Crippen molar-refractivity contribution < 1.29 is 13.9 Å². The minimum atomic E-state index is -0.0664. The number of hydrogen-bond acceptors (Lipinski definition) is 5. The molecule has 6 nitrogen and oxygen atoms in total. The normalized spacial score (nSPS) is 17.4. The van der Waals surface area contributed by atoms with Gasteiger partial charge in [-0.15, -0.1) is 0 Å². The molecule has 1 atom stereocenters. The Hall–Kier alpha value is -2.89. The second-order valence-electron chi connectivity index (χ2n) is 6.77. The van der Waals surface area contributed by atoms with Crippen LogP contribution in [0.5, 0.6) is 5.75 Å². The Morgan fingerprint density at radius 2 is 2.31 bits per heavy atom. The predicted octanol–water partition coefficient (Wildman–Crippen LogP) is 3.67. The number of piperidine rings is 1. The topological polar surface area (TPSA) is 68.5 Å². The average Bonchev–Trinajstić information content (AvgIpc) is 3.14. The molecule has 1 aliphatic heterocycles. The summed E-state index contributed by atoms with van der Waals surface area (Å²) in [7, 11) is 0. The van der Waals surface area contributed by atoms with E-state index in [9.17, 15) is 4.79 Å². The van der Waals surface area contributed by atoms with E-state index >= 15 is 0 Å². The molecule has 26 heavy (non-hydrogen) atoms. The van der Waals surface area contributed by atoms with Gasteiger partial charge in [-0.2, -0.15) is 0 Å². The van der Waals surface area contributed by atoms with Gasteiger partial charge in [-0.25, -0.2) is 4.98 Å². The smallest absolute Gasteiger partial charge is 0.275 e. The summed E-state index contributed by atoms with van der Waals surface area (Å²) in [5, 5.41) is 1.01. The molecule has 3 heterocycles. The molecule has 1 aromatic carbocycles. The van der Waals surface area contributed by atoms with Gasteiger partial charge in [0.25, 0.3) is 5.91 Å². The second kappa shape index (κ2) is 7.15. The van der Waals surface area contributed by atoms with E-state index in [4.69, 9.17) is 9.15 Å². The lowest BCUT2D eigenvalue weighted by molar-refractivity contribution is 0.0677. The number of carbonyl (C=O) groups excluding carboxylic acids is 1. The molecule has 1 unspecified atom stereocenters. The van der Waals surface area contributed by atoms with Gasteiger partial charge in [0.1, 0.15) is 12.0 Å². The molecule has 1 saturated heterocycles. The Bertz CT molecular complexity index is 921.